The fourth-order valence-electron chi connectivity index (χ4n) is 3.62. The first kappa shape index (κ1) is 21.9. The number of benzene rings is 4. The Labute approximate surface area is 191 Å². The summed E-state index contributed by atoms with van der Waals surface area (Å²) in [6.45, 7) is 1.74. The van der Waals surface area contributed by atoms with Crippen LogP contribution in [0.15, 0.2) is 78.9 Å². The molecule has 0 saturated carbocycles. The zero-order valence-electron chi connectivity index (χ0n) is 18.0. The van der Waals surface area contributed by atoms with Crippen molar-refractivity contribution in [2.24, 2.45) is 0 Å². The molecule has 0 aliphatic carbocycles. The minimum absolute atomic E-state index is 0.0757. The lowest BCUT2D eigenvalue weighted by molar-refractivity contribution is -0.104. The third-order valence-electron chi connectivity index (χ3n) is 5.41. The molecular weight excluding hydrogens is 420 g/mol. The van der Waals surface area contributed by atoms with Crippen LogP contribution in [0.4, 0.5) is 0 Å². The highest BCUT2D eigenvalue weighted by atomic mass is 17.2. The summed E-state index contributed by atoms with van der Waals surface area (Å²) in [6, 6.07) is 23.8. The van der Waals surface area contributed by atoms with Crippen molar-refractivity contribution in [2.75, 3.05) is 0 Å². The Morgan fingerprint density at radius 3 is 1.82 bits per heavy atom. The van der Waals surface area contributed by atoms with Gasteiger partial charge < -0.3 is 20.4 Å². The molecule has 0 spiro atoms. The molecule has 0 unspecified atom stereocenters. The van der Waals surface area contributed by atoms with Crippen LogP contribution < -0.4 is 9.78 Å². The number of hydrogen-bond donors (Lipinski definition) is 4. The fourth-order valence-corrected chi connectivity index (χ4v) is 3.62. The maximum absolute atomic E-state index is 10.4. The summed E-state index contributed by atoms with van der Waals surface area (Å²) in [5.41, 5.74) is 4.03. The van der Waals surface area contributed by atoms with E-state index in [1.807, 2.05) is 60.7 Å². The monoisotopic (exact) mass is 444 g/mol. The van der Waals surface area contributed by atoms with Crippen LogP contribution >= 0.6 is 0 Å². The van der Waals surface area contributed by atoms with Gasteiger partial charge in [0.15, 0.2) is 11.5 Å². The van der Waals surface area contributed by atoms with Crippen LogP contribution in [0.5, 0.6) is 34.5 Å². The first-order valence-electron chi connectivity index (χ1n) is 10.4. The molecule has 168 valence electrons. The molecule has 0 amide bonds. The second-order valence-corrected chi connectivity index (χ2v) is 7.81. The normalized spacial score (nSPS) is 10.7. The molecule has 33 heavy (non-hydrogen) atoms. The van der Waals surface area contributed by atoms with Crippen LogP contribution in [0, 0.1) is 6.92 Å². The van der Waals surface area contributed by atoms with Gasteiger partial charge in [-0.15, -0.1) is 0 Å². The first-order valence-corrected chi connectivity index (χ1v) is 10.4. The quantitative estimate of drug-likeness (QED) is 0.174. The molecule has 6 nitrogen and oxygen atoms in total. The number of phenolic OH excluding ortho intramolecular Hbond substituents is 4. The standard InChI is InChI=1S/C27H24O6/c1-17-21(13-19-10-6-3-7-11-19)16-23(29)26(31)27(17)33-32-24-15-20(14-22(28)25(24)30)12-18-8-4-2-5-9-18/h2-11,14-16,28-31H,12-13H2,1H3. The van der Waals surface area contributed by atoms with Crippen LogP contribution in [0.1, 0.15) is 27.8 Å². The van der Waals surface area contributed by atoms with Crippen molar-refractivity contribution < 1.29 is 30.2 Å². The van der Waals surface area contributed by atoms with E-state index in [0.29, 0.717) is 24.0 Å². The molecule has 0 saturated heterocycles. The van der Waals surface area contributed by atoms with Gasteiger partial charge in [0.05, 0.1) is 0 Å². The lowest BCUT2D eigenvalue weighted by Crippen LogP contribution is -2.05. The summed E-state index contributed by atoms with van der Waals surface area (Å²) in [5, 5.41) is 41.0. The summed E-state index contributed by atoms with van der Waals surface area (Å²) in [4.78, 5) is 10.7. The van der Waals surface area contributed by atoms with Crippen molar-refractivity contribution in [3.63, 3.8) is 0 Å². The molecule has 4 rings (SSSR count). The smallest absolute Gasteiger partial charge is 0.227 e. The Hall–Kier alpha value is -4.32. The maximum atomic E-state index is 10.4. The van der Waals surface area contributed by atoms with Gasteiger partial charge in [-0.2, -0.15) is 0 Å². The Kier molecular flexibility index (Phi) is 6.26. The molecule has 0 radical (unpaired) electrons. The molecule has 6 heteroatoms. The molecule has 0 atom stereocenters. The van der Waals surface area contributed by atoms with E-state index in [4.69, 9.17) is 9.78 Å². The Morgan fingerprint density at radius 2 is 1.18 bits per heavy atom. The number of phenols is 4. The zero-order chi connectivity index (χ0) is 23.4. The van der Waals surface area contributed by atoms with Crippen molar-refractivity contribution in [3.8, 4) is 34.5 Å². The van der Waals surface area contributed by atoms with E-state index in [9.17, 15) is 20.4 Å². The molecule has 4 N–H and O–H groups in total. The molecule has 0 aromatic heterocycles. The predicted molar refractivity (Wildman–Crippen MR) is 124 cm³/mol. The molecule has 0 aliphatic rings. The molecule has 0 aliphatic heterocycles. The highest BCUT2D eigenvalue weighted by Crippen LogP contribution is 2.43. The lowest BCUT2D eigenvalue weighted by Gasteiger charge is -2.16. The van der Waals surface area contributed by atoms with E-state index in [-0.39, 0.29) is 23.0 Å². The summed E-state index contributed by atoms with van der Waals surface area (Å²) in [6.07, 6.45) is 1.01. The molecule has 4 aromatic rings. The van der Waals surface area contributed by atoms with Crippen LogP contribution in [0.2, 0.25) is 0 Å². The Bertz CT molecular complexity index is 1250. The number of rotatable bonds is 7. The van der Waals surface area contributed by atoms with Gasteiger partial charge in [-0.1, -0.05) is 60.7 Å². The molecule has 0 fully saturated rings. The SMILES string of the molecule is Cc1c(Cc2ccccc2)cc(O)c(O)c1OOc1cc(Cc2ccccc2)cc(O)c1O. The number of hydrogen-bond acceptors (Lipinski definition) is 6. The highest BCUT2D eigenvalue weighted by molar-refractivity contribution is 5.58. The van der Waals surface area contributed by atoms with Crippen LogP contribution in [0.3, 0.4) is 0 Å². The van der Waals surface area contributed by atoms with E-state index in [1.54, 1.807) is 13.0 Å². The van der Waals surface area contributed by atoms with Gasteiger partial charge in [0, 0.05) is 5.56 Å². The van der Waals surface area contributed by atoms with Crippen LogP contribution in [-0.4, -0.2) is 20.4 Å². The average Bonchev–Trinajstić information content (AvgIpc) is 2.81. The second kappa shape index (κ2) is 9.44. The largest absolute Gasteiger partial charge is 0.504 e. The highest BCUT2D eigenvalue weighted by Gasteiger charge is 2.20. The fraction of sp³-hybridized carbons (Fsp3) is 0.111. The van der Waals surface area contributed by atoms with Gasteiger partial charge in [-0.3, -0.25) is 9.78 Å². The summed E-state index contributed by atoms with van der Waals surface area (Å²) in [7, 11) is 0. The van der Waals surface area contributed by atoms with Crippen molar-refractivity contribution >= 4 is 0 Å². The van der Waals surface area contributed by atoms with Gasteiger partial charge in [0.1, 0.15) is 0 Å². The van der Waals surface area contributed by atoms with Crippen molar-refractivity contribution in [1.82, 2.24) is 0 Å². The predicted octanol–water partition coefficient (Wildman–Crippen LogP) is 5.37. The van der Waals surface area contributed by atoms with E-state index in [0.717, 1.165) is 16.7 Å². The Balaban J connectivity index is 1.60. The molecule has 4 aromatic carbocycles. The number of aromatic hydroxyl groups is 4. The molecule has 0 heterocycles. The third-order valence-corrected chi connectivity index (χ3v) is 5.41. The van der Waals surface area contributed by atoms with E-state index in [1.165, 1.54) is 12.1 Å². The summed E-state index contributed by atoms with van der Waals surface area (Å²) >= 11 is 0. The van der Waals surface area contributed by atoms with Crippen molar-refractivity contribution in [2.45, 2.75) is 19.8 Å². The minimum atomic E-state index is -0.492. The topological polar surface area (TPSA) is 99.4 Å². The summed E-state index contributed by atoms with van der Waals surface area (Å²) in [5.74, 6) is -1.87. The molecular formula is C27H24O6. The van der Waals surface area contributed by atoms with Gasteiger partial charge in [0.2, 0.25) is 23.0 Å². The van der Waals surface area contributed by atoms with Gasteiger partial charge >= 0.3 is 0 Å². The van der Waals surface area contributed by atoms with Crippen LogP contribution in [0.25, 0.3) is 0 Å². The maximum Gasteiger partial charge on any atom is 0.227 e. The third kappa shape index (κ3) is 4.96. The van der Waals surface area contributed by atoms with Gasteiger partial charge in [0.25, 0.3) is 0 Å². The van der Waals surface area contributed by atoms with E-state index < -0.39 is 11.5 Å². The lowest BCUT2D eigenvalue weighted by atomic mass is 9.99. The van der Waals surface area contributed by atoms with E-state index in [2.05, 4.69) is 0 Å². The summed E-state index contributed by atoms with van der Waals surface area (Å²) < 4.78 is 0. The second-order valence-electron chi connectivity index (χ2n) is 7.81. The van der Waals surface area contributed by atoms with E-state index >= 15 is 0 Å². The van der Waals surface area contributed by atoms with Crippen molar-refractivity contribution in [1.29, 1.82) is 0 Å². The minimum Gasteiger partial charge on any atom is -0.504 e. The Morgan fingerprint density at radius 1 is 0.606 bits per heavy atom. The van der Waals surface area contributed by atoms with Crippen LogP contribution in [-0.2, 0) is 12.8 Å². The van der Waals surface area contributed by atoms with Gasteiger partial charge in [-0.05, 0) is 60.2 Å². The van der Waals surface area contributed by atoms with Gasteiger partial charge in [-0.25, -0.2) is 0 Å². The first-order chi connectivity index (χ1) is 15.9. The zero-order valence-corrected chi connectivity index (χ0v) is 18.0. The van der Waals surface area contributed by atoms with Crippen molar-refractivity contribution in [3.05, 3.63) is 107 Å². The average molecular weight is 444 g/mol. The molecule has 0 bridgehead atoms.